The second-order valence-corrected chi connectivity index (χ2v) is 10.0. The lowest BCUT2D eigenvalue weighted by Crippen LogP contribution is -2.48. The number of nitrogens with one attached hydrogen (secondary N) is 1. The van der Waals surface area contributed by atoms with Crippen molar-refractivity contribution in [3.8, 4) is 0 Å². The molecule has 0 atom stereocenters. The Morgan fingerprint density at radius 2 is 1.72 bits per heavy atom. The van der Waals surface area contributed by atoms with E-state index in [0.29, 0.717) is 37.4 Å². The average molecular weight is 473 g/mol. The topological polar surface area (TPSA) is 113 Å². The van der Waals surface area contributed by atoms with E-state index >= 15 is 0 Å². The average Bonchev–Trinajstić information content (AvgIpc) is 3.35. The van der Waals surface area contributed by atoms with Crippen molar-refractivity contribution in [3.63, 3.8) is 0 Å². The van der Waals surface area contributed by atoms with Gasteiger partial charge in [-0.15, -0.1) is 11.3 Å². The molecule has 2 heterocycles. The highest BCUT2D eigenvalue weighted by Gasteiger charge is 2.23. The molecule has 0 aliphatic carbocycles. The number of non-ortho nitro benzene ring substituents is 1. The minimum atomic E-state index is -3.69. The Bertz CT molecular complexity index is 1220. The number of anilines is 2. The smallest absolute Gasteiger partial charge is 0.271 e. The zero-order valence-electron chi connectivity index (χ0n) is 16.9. The number of rotatable bonds is 6. The predicted molar refractivity (Wildman–Crippen MR) is 123 cm³/mol. The molecular formula is C21H20N4O5S2. The standard InChI is InChI=1S/C21H20N4O5S2/c26-21(16-3-1-4-17(15-16)22-32(29,30)20-5-2-14-31-20)24-12-10-23(11-13-24)18-6-8-19(9-7-18)25(27)28/h1-9,14-15,22H,10-13H2. The van der Waals surface area contributed by atoms with Crippen molar-refractivity contribution in [2.75, 3.05) is 35.8 Å². The molecule has 0 radical (unpaired) electrons. The molecule has 0 unspecified atom stereocenters. The van der Waals surface area contributed by atoms with E-state index in [1.54, 1.807) is 46.7 Å². The second-order valence-electron chi connectivity index (χ2n) is 7.17. The summed E-state index contributed by atoms with van der Waals surface area (Å²) in [5, 5.41) is 12.5. The van der Waals surface area contributed by atoms with Gasteiger partial charge in [0.25, 0.3) is 21.6 Å². The molecular weight excluding hydrogens is 452 g/mol. The molecule has 0 saturated carbocycles. The maximum Gasteiger partial charge on any atom is 0.271 e. The van der Waals surface area contributed by atoms with Gasteiger partial charge in [0.05, 0.1) is 4.92 Å². The van der Waals surface area contributed by atoms with Crippen LogP contribution >= 0.6 is 11.3 Å². The lowest BCUT2D eigenvalue weighted by atomic mass is 10.1. The van der Waals surface area contributed by atoms with E-state index in [-0.39, 0.29) is 15.8 Å². The van der Waals surface area contributed by atoms with Gasteiger partial charge in [-0.3, -0.25) is 19.6 Å². The molecule has 0 spiro atoms. The zero-order chi connectivity index (χ0) is 22.7. The van der Waals surface area contributed by atoms with Gasteiger partial charge >= 0.3 is 0 Å². The van der Waals surface area contributed by atoms with Gasteiger partial charge in [-0.25, -0.2) is 8.42 Å². The highest BCUT2D eigenvalue weighted by atomic mass is 32.2. The van der Waals surface area contributed by atoms with Crippen molar-refractivity contribution in [3.05, 3.63) is 81.7 Å². The lowest BCUT2D eigenvalue weighted by Gasteiger charge is -2.36. The molecule has 32 heavy (non-hydrogen) atoms. The molecule has 1 aliphatic heterocycles. The van der Waals surface area contributed by atoms with Gasteiger partial charge in [-0.1, -0.05) is 12.1 Å². The van der Waals surface area contributed by atoms with Crippen LogP contribution in [-0.4, -0.2) is 50.3 Å². The fraction of sp³-hybridized carbons (Fsp3) is 0.190. The number of nitro groups is 1. The van der Waals surface area contributed by atoms with Crippen molar-refractivity contribution in [1.82, 2.24) is 4.90 Å². The number of nitro benzene ring substituents is 1. The number of hydrogen-bond donors (Lipinski definition) is 1. The summed E-state index contributed by atoms with van der Waals surface area (Å²) in [4.78, 5) is 27.1. The first-order valence-electron chi connectivity index (χ1n) is 9.78. The van der Waals surface area contributed by atoms with E-state index in [9.17, 15) is 23.3 Å². The Balaban J connectivity index is 1.40. The first-order chi connectivity index (χ1) is 15.3. The summed E-state index contributed by atoms with van der Waals surface area (Å²) in [6.07, 6.45) is 0. The second kappa shape index (κ2) is 8.97. The molecule has 166 valence electrons. The van der Waals surface area contributed by atoms with E-state index < -0.39 is 14.9 Å². The van der Waals surface area contributed by atoms with Gasteiger partial charge in [-0.2, -0.15) is 0 Å². The lowest BCUT2D eigenvalue weighted by molar-refractivity contribution is -0.384. The molecule has 1 aliphatic rings. The Labute approximate surface area is 189 Å². The van der Waals surface area contributed by atoms with Crippen molar-refractivity contribution < 1.29 is 18.1 Å². The molecule has 2 aromatic carbocycles. The van der Waals surface area contributed by atoms with E-state index in [0.717, 1.165) is 17.0 Å². The van der Waals surface area contributed by atoms with Crippen LogP contribution in [0.4, 0.5) is 17.1 Å². The number of sulfonamides is 1. The number of carbonyl (C=O) groups is 1. The maximum absolute atomic E-state index is 13.0. The van der Waals surface area contributed by atoms with Crippen LogP contribution < -0.4 is 9.62 Å². The SMILES string of the molecule is O=C(c1cccc(NS(=O)(=O)c2cccs2)c1)N1CCN(c2ccc([N+](=O)[O-])cc2)CC1. The quantitative estimate of drug-likeness (QED) is 0.434. The number of piperazine rings is 1. The van der Waals surface area contributed by atoms with Crippen molar-refractivity contribution >= 4 is 44.3 Å². The summed E-state index contributed by atoms with van der Waals surface area (Å²) in [5.41, 5.74) is 1.64. The number of thiophene rings is 1. The van der Waals surface area contributed by atoms with Gasteiger partial charge in [0, 0.05) is 55.2 Å². The third-order valence-corrected chi connectivity index (χ3v) is 7.89. The molecule has 1 N–H and O–H groups in total. The van der Waals surface area contributed by atoms with Crippen LogP contribution in [0.1, 0.15) is 10.4 Å². The Morgan fingerprint density at radius 1 is 1.00 bits per heavy atom. The van der Waals surface area contributed by atoms with Crippen LogP contribution in [0.2, 0.25) is 0 Å². The van der Waals surface area contributed by atoms with E-state index in [4.69, 9.17) is 0 Å². The third kappa shape index (κ3) is 4.73. The van der Waals surface area contributed by atoms with Crippen LogP contribution in [0.25, 0.3) is 0 Å². The normalized spacial score (nSPS) is 14.2. The van der Waals surface area contributed by atoms with Crippen LogP contribution in [-0.2, 0) is 10.0 Å². The molecule has 4 rings (SSSR count). The van der Waals surface area contributed by atoms with Crippen molar-refractivity contribution in [1.29, 1.82) is 0 Å². The van der Waals surface area contributed by atoms with Gasteiger partial charge in [0.1, 0.15) is 4.21 Å². The zero-order valence-corrected chi connectivity index (χ0v) is 18.5. The van der Waals surface area contributed by atoms with Crippen LogP contribution in [0.5, 0.6) is 0 Å². The molecule has 1 amide bonds. The fourth-order valence-electron chi connectivity index (χ4n) is 3.47. The molecule has 9 nitrogen and oxygen atoms in total. The van der Waals surface area contributed by atoms with Crippen LogP contribution in [0.3, 0.4) is 0 Å². The first kappa shape index (κ1) is 21.8. The minimum Gasteiger partial charge on any atom is -0.368 e. The minimum absolute atomic E-state index is 0.0390. The summed E-state index contributed by atoms with van der Waals surface area (Å²) in [6.45, 7) is 2.16. The van der Waals surface area contributed by atoms with E-state index in [2.05, 4.69) is 9.62 Å². The molecule has 0 bridgehead atoms. The predicted octanol–water partition coefficient (Wildman–Crippen LogP) is 3.42. The number of benzene rings is 2. The number of hydrogen-bond acceptors (Lipinski definition) is 7. The summed E-state index contributed by atoms with van der Waals surface area (Å²) in [5.74, 6) is -0.175. The summed E-state index contributed by atoms with van der Waals surface area (Å²) >= 11 is 1.12. The number of carbonyl (C=O) groups excluding carboxylic acids is 1. The van der Waals surface area contributed by atoms with Gasteiger partial charge in [0.2, 0.25) is 0 Å². The molecule has 1 aromatic heterocycles. The van der Waals surface area contributed by atoms with E-state index in [1.807, 2.05) is 0 Å². The Kier molecular flexibility index (Phi) is 6.10. The summed E-state index contributed by atoms with van der Waals surface area (Å²) < 4.78 is 27.6. The van der Waals surface area contributed by atoms with Crippen molar-refractivity contribution in [2.45, 2.75) is 4.21 Å². The van der Waals surface area contributed by atoms with Gasteiger partial charge in [-0.05, 0) is 41.8 Å². The number of nitrogens with zero attached hydrogens (tertiary/aromatic N) is 3. The van der Waals surface area contributed by atoms with Gasteiger partial charge < -0.3 is 9.80 Å². The first-order valence-corrected chi connectivity index (χ1v) is 12.1. The third-order valence-electron chi connectivity index (χ3n) is 5.11. The van der Waals surface area contributed by atoms with E-state index in [1.165, 1.54) is 24.3 Å². The molecule has 11 heteroatoms. The van der Waals surface area contributed by atoms with Crippen molar-refractivity contribution in [2.24, 2.45) is 0 Å². The Morgan fingerprint density at radius 3 is 2.34 bits per heavy atom. The summed E-state index contributed by atoms with van der Waals surface area (Å²) in [6, 6.07) is 16.0. The number of amides is 1. The maximum atomic E-state index is 13.0. The highest BCUT2D eigenvalue weighted by molar-refractivity contribution is 7.94. The fourth-order valence-corrected chi connectivity index (χ4v) is 5.52. The monoisotopic (exact) mass is 472 g/mol. The van der Waals surface area contributed by atoms with Crippen LogP contribution in [0, 0.1) is 10.1 Å². The molecule has 3 aromatic rings. The largest absolute Gasteiger partial charge is 0.368 e. The highest BCUT2D eigenvalue weighted by Crippen LogP contribution is 2.23. The van der Waals surface area contributed by atoms with Gasteiger partial charge in [0.15, 0.2) is 0 Å². The molecule has 1 saturated heterocycles. The van der Waals surface area contributed by atoms with Crippen LogP contribution in [0.15, 0.2) is 70.3 Å². The summed E-state index contributed by atoms with van der Waals surface area (Å²) in [7, 11) is -3.69. The molecule has 1 fully saturated rings. The Hall–Kier alpha value is -3.44.